The molecule has 0 aliphatic rings. The summed E-state index contributed by atoms with van der Waals surface area (Å²) in [6.45, 7) is 8.48. The van der Waals surface area contributed by atoms with Crippen molar-refractivity contribution in [3.63, 3.8) is 0 Å². The van der Waals surface area contributed by atoms with Crippen molar-refractivity contribution in [2.45, 2.75) is 20.8 Å². The number of nitrogens with one attached hydrogen (secondary N) is 1. The number of rotatable bonds is 7. The molecule has 0 aliphatic heterocycles. The molecule has 0 bridgehead atoms. The molecule has 6 heteroatoms. The summed E-state index contributed by atoms with van der Waals surface area (Å²) in [5, 5.41) is 6.73. The smallest absolute Gasteiger partial charge is 0.143 e. The van der Waals surface area contributed by atoms with Gasteiger partial charge < -0.3 is 15.0 Å². The van der Waals surface area contributed by atoms with E-state index in [9.17, 15) is 0 Å². The molecule has 0 radical (unpaired) electrons. The van der Waals surface area contributed by atoms with Gasteiger partial charge in [0, 0.05) is 35.4 Å². The lowest BCUT2D eigenvalue weighted by Crippen LogP contribution is -2.21. The first-order valence-electron chi connectivity index (χ1n) is 10.1. The van der Waals surface area contributed by atoms with Crippen LogP contribution in [0.25, 0.3) is 21.3 Å². The minimum atomic E-state index is 0.825. The number of hydrogen-bond acceptors (Lipinski definition) is 6. The standard InChI is InChI=1S/C24H26N4OS/c1-5-28(6-2)18-9-12-21(16(3)13-18)27-23-22-20(14-30-24(22)26-15-25-23)17-7-10-19(29-4)11-8-17/h7-15H,5-6H2,1-4H3,(H,25,26,27). The van der Waals surface area contributed by atoms with Crippen LogP contribution in [0.5, 0.6) is 5.75 Å². The second-order valence-electron chi connectivity index (χ2n) is 7.08. The van der Waals surface area contributed by atoms with Crippen molar-refractivity contribution >= 4 is 38.7 Å². The van der Waals surface area contributed by atoms with Crippen molar-refractivity contribution in [2.24, 2.45) is 0 Å². The van der Waals surface area contributed by atoms with E-state index in [-0.39, 0.29) is 0 Å². The monoisotopic (exact) mass is 418 g/mol. The van der Waals surface area contributed by atoms with Gasteiger partial charge in [-0.2, -0.15) is 0 Å². The van der Waals surface area contributed by atoms with Gasteiger partial charge >= 0.3 is 0 Å². The summed E-state index contributed by atoms with van der Waals surface area (Å²) in [5.74, 6) is 1.67. The Kier molecular flexibility index (Phi) is 5.86. The topological polar surface area (TPSA) is 50.3 Å². The predicted molar refractivity (Wildman–Crippen MR) is 127 cm³/mol. The highest BCUT2D eigenvalue weighted by Crippen LogP contribution is 2.38. The van der Waals surface area contributed by atoms with Crippen LogP contribution in [0.2, 0.25) is 0 Å². The number of fused-ring (bicyclic) bond motifs is 1. The molecule has 0 aliphatic carbocycles. The molecule has 1 N–H and O–H groups in total. The third-order valence-electron chi connectivity index (χ3n) is 5.36. The molecule has 0 saturated heterocycles. The third-order valence-corrected chi connectivity index (χ3v) is 6.25. The summed E-state index contributed by atoms with van der Waals surface area (Å²) in [7, 11) is 1.68. The van der Waals surface area contributed by atoms with Crippen molar-refractivity contribution in [1.29, 1.82) is 0 Å². The Morgan fingerprint density at radius 2 is 1.80 bits per heavy atom. The zero-order chi connectivity index (χ0) is 21.1. The van der Waals surface area contributed by atoms with Crippen LogP contribution in [0.1, 0.15) is 19.4 Å². The molecule has 0 unspecified atom stereocenters. The maximum atomic E-state index is 5.29. The van der Waals surface area contributed by atoms with Gasteiger partial charge in [0.1, 0.15) is 22.7 Å². The lowest BCUT2D eigenvalue weighted by molar-refractivity contribution is 0.415. The van der Waals surface area contributed by atoms with Gasteiger partial charge in [-0.15, -0.1) is 11.3 Å². The zero-order valence-corrected chi connectivity index (χ0v) is 18.6. The number of aryl methyl sites for hydroxylation is 1. The van der Waals surface area contributed by atoms with E-state index in [4.69, 9.17) is 4.74 Å². The fraction of sp³-hybridized carbons (Fsp3) is 0.250. The largest absolute Gasteiger partial charge is 0.497 e. The molecule has 0 saturated carbocycles. The van der Waals surface area contributed by atoms with Gasteiger partial charge in [-0.3, -0.25) is 0 Å². The minimum absolute atomic E-state index is 0.825. The lowest BCUT2D eigenvalue weighted by atomic mass is 10.1. The first-order chi connectivity index (χ1) is 14.6. The maximum Gasteiger partial charge on any atom is 0.143 e. The molecule has 0 fully saturated rings. The van der Waals surface area contributed by atoms with Gasteiger partial charge in [0.15, 0.2) is 0 Å². The average molecular weight is 419 g/mol. The number of benzene rings is 2. The second kappa shape index (κ2) is 8.71. The molecule has 30 heavy (non-hydrogen) atoms. The Bertz CT molecular complexity index is 1150. The predicted octanol–water partition coefficient (Wildman–Crippen LogP) is 6.27. The van der Waals surface area contributed by atoms with E-state index < -0.39 is 0 Å². The first kappa shape index (κ1) is 20.2. The molecule has 2 heterocycles. The molecule has 154 valence electrons. The molecule has 0 amide bonds. The Hall–Kier alpha value is -3.12. The minimum Gasteiger partial charge on any atom is -0.497 e. The van der Waals surface area contributed by atoms with Gasteiger partial charge in [-0.1, -0.05) is 12.1 Å². The van der Waals surface area contributed by atoms with E-state index in [1.807, 2.05) is 12.1 Å². The van der Waals surface area contributed by atoms with Crippen LogP contribution in [0.3, 0.4) is 0 Å². The molecule has 0 atom stereocenters. The maximum absolute atomic E-state index is 5.29. The van der Waals surface area contributed by atoms with Gasteiger partial charge in [-0.25, -0.2) is 9.97 Å². The van der Waals surface area contributed by atoms with Gasteiger partial charge in [0.2, 0.25) is 0 Å². The van der Waals surface area contributed by atoms with Crippen molar-refractivity contribution in [2.75, 3.05) is 30.4 Å². The Labute approximate surface area is 181 Å². The van der Waals surface area contributed by atoms with Crippen LogP contribution in [0.4, 0.5) is 17.2 Å². The van der Waals surface area contributed by atoms with Crippen LogP contribution in [0, 0.1) is 6.92 Å². The molecule has 2 aromatic heterocycles. The molecule has 5 nitrogen and oxygen atoms in total. The van der Waals surface area contributed by atoms with Crippen LogP contribution in [0.15, 0.2) is 54.2 Å². The number of thiophene rings is 1. The van der Waals surface area contributed by atoms with Gasteiger partial charge in [-0.05, 0) is 62.2 Å². The highest BCUT2D eigenvalue weighted by atomic mass is 32.1. The number of hydrogen-bond donors (Lipinski definition) is 1. The lowest BCUT2D eigenvalue weighted by Gasteiger charge is -2.22. The number of aromatic nitrogens is 2. The van der Waals surface area contributed by atoms with Crippen molar-refractivity contribution in [3.8, 4) is 16.9 Å². The van der Waals surface area contributed by atoms with Crippen molar-refractivity contribution in [1.82, 2.24) is 9.97 Å². The molecule has 2 aromatic carbocycles. The summed E-state index contributed by atoms with van der Waals surface area (Å²) < 4.78 is 5.29. The molecular formula is C24H26N4OS. The second-order valence-corrected chi connectivity index (χ2v) is 7.93. The number of methoxy groups -OCH3 is 1. The van der Waals surface area contributed by atoms with Crippen LogP contribution < -0.4 is 15.0 Å². The van der Waals surface area contributed by atoms with Gasteiger partial charge in [0.25, 0.3) is 0 Å². The molecule has 4 aromatic rings. The normalized spacial score (nSPS) is 10.9. The third kappa shape index (κ3) is 3.83. The number of ether oxygens (including phenoxy) is 1. The van der Waals surface area contributed by atoms with E-state index in [0.29, 0.717) is 0 Å². The molecular weight excluding hydrogens is 392 g/mol. The summed E-state index contributed by atoms with van der Waals surface area (Å²) in [4.78, 5) is 12.4. The fourth-order valence-electron chi connectivity index (χ4n) is 3.65. The zero-order valence-electron chi connectivity index (χ0n) is 17.8. The Morgan fingerprint density at radius 3 is 2.47 bits per heavy atom. The van der Waals surface area contributed by atoms with Crippen molar-refractivity contribution in [3.05, 3.63) is 59.7 Å². The van der Waals surface area contributed by atoms with E-state index >= 15 is 0 Å². The highest BCUT2D eigenvalue weighted by Gasteiger charge is 2.14. The van der Waals surface area contributed by atoms with Crippen LogP contribution in [-0.4, -0.2) is 30.2 Å². The first-order valence-corrected chi connectivity index (χ1v) is 11.0. The Morgan fingerprint density at radius 1 is 1.03 bits per heavy atom. The summed E-state index contributed by atoms with van der Waals surface area (Å²) in [5.41, 5.74) is 5.72. The van der Waals surface area contributed by atoms with E-state index in [0.717, 1.165) is 51.7 Å². The Balaban J connectivity index is 1.72. The summed E-state index contributed by atoms with van der Waals surface area (Å²) in [6, 6.07) is 14.6. The summed E-state index contributed by atoms with van der Waals surface area (Å²) in [6.07, 6.45) is 1.62. The van der Waals surface area contributed by atoms with E-state index in [1.54, 1.807) is 24.8 Å². The van der Waals surface area contributed by atoms with E-state index in [2.05, 4.69) is 76.7 Å². The van der Waals surface area contributed by atoms with Crippen LogP contribution >= 0.6 is 11.3 Å². The number of nitrogens with zero attached hydrogens (tertiary/aromatic N) is 3. The van der Waals surface area contributed by atoms with Crippen LogP contribution in [-0.2, 0) is 0 Å². The SMILES string of the molecule is CCN(CC)c1ccc(Nc2ncnc3scc(-c4ccc(OC)cc4)c23)c(C)c1. The summed E-state index contributed by atoms with van der Waals surface area (Å²) >= 11 is 1.63. The molecule has 0 spiro atoms. The fourth-order valence-corrected chi connectivity index (χ4v) is 4.57. The highest BCUT2D eigenvalue weighted by molar-refractivity contribution is 7.17. The van der Waals surface area contributed by atoms with Crippen molar-refractivity contribution < 1.29 is 4.74 Å². The molecule has 4 rings (SSSR count). The number of anilines is 3. The van der Waals surface area contributed by atoms with E-state index in [1.165, 1.54) is 11.3 Å². The average Bonchev–Trinajstić information content (AvgIpc) is 3.21. The quantitative estimate of drug-likeness (QED) is 0.383. The van der Waals surface area contributed by atoms with Gasteiger partial charge in [0.05, 0.1) is 12.5 Å².